The first-order chi connectivity index (χ1) is 10.6. The summed E-state index contributed by atoms with van der Waals surface area (Å²) in [6.07, 6.45) is 0.207. The fraction of sp³-hybridized carbons (Fsp3) is 0.176. The van der Waals surface area contributed by atoms with E-state index < -0.39 is 5.92 Å². The number of halogens is 3. The number of nitrogens with zero attached hydrogens (tertiary/aromatic N) is 2. The molecule has 0 saturated carbocycles. The van der Waals surface area contributed by atoms with Crippen LogP contribution in [0.5, 0.6) is 0 Å². The van der Waals surface area contributed by atoms with Gasteiger partial charge in [0.25, 0.3) is 0 Å². The largest absolute Gasteiger partial charge is 0.198 e. The number of rotatable bonds is 4. The zero-order valence-corrected chi connectivity index (χ0v) is 13.7. The molecule has 0 fully saturated rings. The van der Waals surface area contributed by atoms with E-state index in [1.807, 2.05) is 12.1 Å². The molecule has 2 atom stereocenters. The van der Waals surface area contributed by atoms with Crippen molar-refractivity contribution in [1.82, 2.24) is 0 Å². The molecular formula is C17H11Cl3N2. The van der Waals surface area contributed by atoms with Gasteiger partial charge < -0.3 is 0 Å². The van der Waals surface area contributed by atoms with E-state index in [0.29, 0.717) is 20.6 Å². The minimum Gasteiger partial charge on any atom is -0.198 e. The lowest BCUT2D eigenvalue weighted by atomic mass is 9.80. The zero-order chi connectivity index (χ0) is 16.1. The molecule has 0 N–H and O–H groups in total. The van der Waals surface area contributed by atoms with Gasteiger partial charge in [0.1, 0.15) is 0 Å². The molecule has 0 radical (unpaired) electrons. The summed E-state index contributed by atoms with van der Waals surface area (Å²) in [5, 5.41) is 20.3. The van der Waals surface area contributed by atoms with E-state index in [-0.39, 0.29) is 12.3 Å². The molecule has 2 rings (SSSR count). The second-order valence-electron chi connectivity index (χ2n) is 4.79. The summed E-state index contributed by atoms with van der Waals surface area (Å²) in [6, 6.07) is 16.6. The van der Waals surface area contributed by atoms with Crippen molar-refractivity contribution in [2.24, 2.45) is 0 Å². The summed E-state index contributed by atoms with van der Waals surface area (Å²) >= 11 is 18.0. The topological polar surface area (TPSA) is 47.6 Å². The molecule has 22 heavy (non-hydrogen) atoms. The van der Waals surface area contributed by atoms with Crippen LogP contribution in [0.15, 0.2) is 42.5 Å². The van der Waals surface area contributed by atoms with Crippen LogP contribution >= 0.6 is 34.8 Å². The van der Waals surface area contributed by atoms with Gasteiger partial charge in [-0.1, -0.05) is 53.0 Å². The van der Waals surface area contributed by atoms with E-state index in [0.717, 1.165) is 5.56 Å². The highest BCUT2D eigenvalue weighted by molar-refractivity contribution is 6.35. The highest BCUT2D eigenvalue weighted by Crippen LogP contribution is 2.39. The Morgan fingerprint density at radius 3 is 2.09 bits per heavy atom. The molecule has 0 aliphatic carbocycles. The maximum absolute atomic E-state index is 9.61. The van der Waals surface area contributed by atoms with E-state index in [9.17, 15) is 5.26 Å². The molecule has 0 unspecified atom stereocenters. The minimum absolute atomic E-state index is 0.207. The average molecular weight is 350 g/mol. The van der Waals surface area contributed by atoms with Crippen LogP contribution in [-0.4, -0.2) is 0 Å². The van der Waals surface area contributed by atoms with Crippen LogP contribution in [0.1, 0.15) is 29.4 Å². The highest BCUT2D eigenvalue weighted by atomic mass is 35.5. The Morgan fingerprint density at radius 1 is 0.909 bits per heavy atom. The molecule has 2 nitrogen and oxygen atoms in total. The van der Waals surface area contributed by atoms with Crippen LogP contribution in [-0.2, 0) is 0 Å². The standard InChI is InChI=1S/C17H11Cl3N2/c18-12-3-1-11(2-4-12)14(7-8-21)16(10-22)15-6-5-13(19)9-17(15)20/h1-6,9,14,16H,7H2/t14-,16-/m1/s1. The summed E-state index contributed by atoms with van der Waals surface area (Å²) in [5.74, 6) is -0.823. The molecule has 0 spiro atoms. The zero-order valence-electron chi connectivity index (χ0n) is 11.4. The van der Waals surface area contributed by atoms with Crippen molar-refractivity contribution in [2.45, 2.75) is 18.3 Å². The Hall–Kier alpha value is -1.71. The van der Waals surface area contributed by atoms with Crippen LogP contribution < -0.4 is 0 Å². The quantitative estimate of drug-likeness (QED) is 0.684. The molecule has 2 aromatic carbocycles. The van der Waals surface area contributed by atoms with Crippen LogP contribution in [0.2, 0.25) is 15.1 Å². The van der Waals surface area contributed by atoms with Crippen molar-refractivity contribution >= 4 is 34.8 Å². The third-order valence-corrected chi connectivity index (χ3v) is 4.26. The predicted molar refractivity (Wildman–Crippen MR) is 89.2 cm³/mol. The lowest BCUT2D eigenvalue weighted by Crippen LogP contribution is -2.10. The van der Waals surface area contributed by atoms with E-state index in [1.54, 1.807) is 30.3 Å². The molecule has 5 heteroatoms. The molecule has 0 bridgehead atoms. The van der Waals surface area contributed by atoms with Crippen molar-refractivity contribution < 1.29 is 0 Å². The monoisotopic (exact) mass is 348 g/mol. The summed E-state index contributed by atoms with van der Waals surface area (Å²) in [7, 11) is 0. The van der Waals surface area contributed by atoms with Crippen molar-refractivity contribution in [3.8, 4) is 12.1 Å². The molecule has 0 amide bonds. The summed E-state index contributed by atoms with van der Waals surface area (Å²) in [5.41, 5.74) is 1.55. The first kappa shape index (κ1) is 16.7. The predicted octanol–water partition coefficient (Wildman–Crippen LogP) is 5.95. The number of benzene rings is 2. The maximum atomic E-state index is 9.61. The second kappa shape index (κ2) is 7.52. The lowest BCUT2D eigenvalue weighted by Gasteiger charge is -2.21. The van der Waals surface area contributed by atoms with E-state index in [4.69, 9.17) is 40.1 Å². The first-order valence-electron chi connectivity index (χ1n) is 6.53. The van der Waals surface area contributed by atoms with E-state index in [1.165, 1.54) is 0 Å². The lowest BCUT2D eigenvalue weighted by molar-refractivity contribution is 0.641. The molecule has 0 saturated heterocycles. The third kappa shape index (κ3) is 3.73. The van der Waals surface area contributed by atoms with Gasteiger partial charge in [0.15, 0.2) is 0 Å². The van der Waals surface area contributed by atoms with Crippen molar-refractivity contribution in [3.63, 3.8) is 0 Å². The van der Waals surface area contributed by atoms with Gasteiger partial charge in [0.2, 0.25) is 0 Å². The van der Waals surface area contributed by atoms with Crippen LogP contribution in [0.3, 0.4) is 0 Å². The third-order valence-electron chi connectivity index (χ3n) is 3.45. The fourth-order valence-corrected chi connectivity index (χ4v) is 3.02. The van der Waals surface area contributed by atoms with Gasteiger partial charge in [-0.25, -0.2) is 0 Å². The molecule has 2 aromatic rings. The van der Waals surface area contributed by atoms with Gasteiger partial charge in [-0.05, 0) is 35.4 Å². The molecule has 0 aromatic heterocycles. The summed E-state index contributed by atoms with van der Waals surface area (Å²) < 4.78 is 0. The Kier molecular flexibility index (Phi) is 5.69. The van der Waals surface area contributed by atoms with Crippen LogP contribution in [0.4, 0.5) is 0 Å². The van der Waals surface area contributed by atoms with Gasteiger partial charge >= 0.3 is 0 Å². The Labute approximate surface area is 144 Å². The van der Waals surface area contributed by atoms with Crippen molar-refractivity contribution in [3.05, 3.63) is 68.7 Å². The number of hydrogen-bond donors (Lipinski definition) is 0. The molecule has 0 aliphatic rings. The van der Waals surface area contributed by atoms with Gasteiger partial charge in [0, 0.05) is 27.4 Å². The van der Waals surface area contributed by atoms with Crippen molar-refractivity contribution in [2.75, 3.05) is 0 Å². The minimum atomic E-state index is -0.536. The van der Waals surface area contributed by atoms with E-state index >= 15 is 0 Å². The molecule has 0 heterocycles. The van der Waals surface area contributed by atoms with E-state index in [2.05, 4.69) is 12.1 Å². The molecular weight excluding hydrogens is 339 g/mol. The highest BCUT2D eigenvalue weighted by Gasteiger charge is 2.26. The number of hydrogen-bond acceptors (Lipinski definition) is 2. The second-order valence-corrected chi connectivity index (χ2v) is 6.07. The smallest absolute Gasteiger partial charge is 0.0805 e. The Morgan fingerprint density at radius 2 is 1.55 bits per heavy atom. The van der Waals surface area contributed by atoms with Gasteiger partial charge in [-0.3, -0.25) is 0 Å². The summed E-state index contributed by atoms with van der Waals surface area (Å²) in [4.78, 5) is 0. The van der Waals surface area contributed by atoms with Crippen LogP contribution in [0, 0.1) is 22.7 Å². The van der Waals surface area contributed by atoms with Gasteiger partial charge in [0.05, 0.1) is 18.1 Å². The SMILES string of the molecule is N#CC[C@H](c1ccc(Cl)cc1)[C@@H](C#N)c1ccc(Cl)cc1Cl. The molecule has 0 aliphatic heterocycles. The summed E-state index contributed by atoms with van der Waals surface area (Å²) in [6.45, 7) is 0. The fourth-order valence-electron chi connectivity index (χ4n) is 2.37. The normalized spacial score (nSPS) is 13.0. The average Bonchev–Trinajstić information content (AvgIpc) is 2.50. The Balaban J connectivity index is 2.47. The first-order valence-corrected chi connectivity index (χ1v) is 7.67. The van der Waals surface area contributed by atoms with Crippen molar-refractivity contribution in [1.29, 1.82) is 10.5 Å². The van der Waals surface area contributed by atoms with Gasteiger partial charge in [-0.2, -0.15) is 10.5 Å². The maximum Gasteiger partial charge on any atom is 0.0805 e. The number of nitriles is 2. The van der Waals surface area contributed by atoms with Crippen LogP contribution in [0.25, 0.3) is 0 Å². The molecule has 110 valence electrons. The Bertz CT molecular complexity index is 742. The van der Waals surface area contributed by atoms with Gasteiger partial charge in [-0.15, -0.1) is 0 Å².